The third-order valence-electron chi connectivity index (χ3n) is 2.37. The molecule has 0 bridgehead atoms. The van der Waals surface area contributed by atoms with Crippen LogP contribution in [0.25, 0.3) is 0 Å². The van der Waals surface area contributed by atoms with Crippen molar-refractivity contribution in [3.05, 3.63) is 35.6 Å². The number of allylic oxidation sites excluding steroid dienone is 3. The van der Waals surface area contributed by atoms with Gasteiger partial charge in [0, 0.05) is 12.0 Å². The summed E-state index contributed by atoms with van der Waals surface area (Å²) in [6, 6.07) is 0. The molecule has 0 unspecified atom stereocenters. The Morgan fingerprint density at radius 3 is 2.73 bits per heavy atom. The lowest BCUT2D eigenvalue weighted by Gasteiger charge is -2.13. The van der Waals surface area contributed by atoms with E-state index in [9.17, 15) is 4.79 Å². The van der Waals surface area contributed by atoms with Crippen molar-refractivity contribution in [2.75, 3.05) is 6.61 Å². The topological polar surface area (TPSA) is 46.5 Å². The predicted molar refractivity (Wildman–Crippen MR) is 58.4 cm³/mol. The van der Waals surface area contributed by atoms with E-state index in [4.69, 9.17) is 9.84 Å². The van der Waals surface area contributed by atoms with Gasteiger partial charge in [-0.15, -0.1) is 0 Å². The molecule has 0 aromatic heterocycles. The number of hydrogen-bond acceptors (Lipinski definition) is 2. The molecule has 0 aromatic carbocycles. The maximum absolute atomic E-state index is 10.6. The predicted octanol–water partition coefficient (Wildman–Crippen LogP) is 2.66. The second kappa shape index (κ2) is 5.39. The minimum atomic E-state index is -0.829. The van der Waals surface area contributed by atoms with Crippen LogP contribution in [0.1, 0.15) is 26.2 Å². The molecule has 0 aliphatic heterocycles. The number of hydrogen-bond donors (Lipinski definition) is 1. The number of carbonyl (C=O) groups is 1. The molecule has 15 heavy (non-hydrogen) atoms. The van der Waals surface area contributed by atoms with E-state index in [-0.39, 0.29) is 0 Å². The first-order chi connectivity index (χ1) is 7.13. The third-order valence-corrected chi connectivity index (χ3v) is 2.37. The second-order valence-electron chi connectivity index (χ2n) is 3.50. The summed E-state index contributed by atoms with van der Waals surface area (Å²) in [6.07, 6.45) is 5.64. The molecule has 0 saturated heterocycles. The number of ether oxygens (including phenoxy) is 1. The van der Waals surface area contributed by atoms with Crippen LogP contribution in [-0.4, -0.2) is 17.7 Å². The summed E-state index contributed by atoms with van der Waals surface area (Å²) < 4.78 is 5.39. The standard InChI is InChI=1S/C12H16O3/c1-3-9(2)15-8-10-4-6-11(7-5-10)12(13)14/h4,6H,2-3,5,7-8H2,1H3,(H,13,14). The molecule has 0 fully saturated rings. The van der Waals surface area contributed by atoms with Crippen LogP contribution < -0.4 is 0 Å². The van der Waals surface area contributed by atoms with E-state index in [1.807, 2.05) is 13.0 Å². The molecule has 0 heterocycles. The molecule has 0 amide bonds. The third kappa shape index (κ3) is 3.62. The summed E-state index contributed by atoms with van der Waals surface area (Å²) in [7, 11) is 0. The van der Waals surface area contributed by atoms with Crippen LogP contribution in [0, 0.1) is 0 Å². The summed E-state index contributed by atoms with van der Waals surface area (Å²) >= 11 is 0. The second-order valence-corrected chi connectivity index (χ2v) is 3.50. The van der Waals surface area contributed by atoms with E-state index in [0.717, 1.165) is 24.2 Å². The Balaban J connectivity index is 2.46. The van der Waals surface area contributed by atoms with Crippen LogP contribution >= 0.6 is 0 Å². The van der Waals surface area contributed by atoms with E-state index in [2.05, 4.69) is 6.58 Å². The monoisotopic (exact) mass is 208 g/mol. The maximum atomic E-state index is 10.6. The average Bonchev–Trinajstić information content (AvgIpc) is 2.26. The van der Waals surface area contributed by atoms with Gasteiger partial charge in [0.25, 0.3) is 0 Å². The number of aliphatic carboxylic acids is 1. The van der Waals surface area contributed by atoms with Gasteiger partial charge >= 0.3 is 5.97 Å². The molecule has 82 valence electrons. The zero-order valence-corrected chi connectivity index (χ0v) is 8.95. The Bertz CT molecular complexity index is 324. The Hall–Kier alpha value is -1.51. The van der Waals surface area contributed by atoms with Crippen molar-refractivity contribution in [2.45, 2.75) is 26.2 Å². The number of rotatable bonds is 5. The quantitative estimate of drug-likeness (QED) is 0.706. The molecule has 1 aliphatic rings. The highest BCUT2D eigenvalue weighted by Crippen LogP contribution is 2.19. The SMILES string of the molecule is C=C(CC)OCC1=CC=C(C(=O)O)CC1. The number of carboxylic acids is 1. The van der Waals surface area contributed by atoms with Crippen molar-refractivity contribution in [3.8, 4) is 0 Å². The van der Waals surface area contributed by atoms with E-state index in [1.165, 1.54) is 0 Å². The van der Waals surface area contributed by atoms with E-state index in [1.54, 1.807) is 6.08 Å². The Labute approximate surface area is 89.7 Å². The molecule has 0 atom stereocenters. The molecular weight excluding hydrogens is 192 g/mol. The highest BCUT2D eigenvalue weighted by molar-refractivity contribution is 5.87. The van der Waals surface area contributed by atoms with E-state index in [0.29, 0.717) is 18.6 Å². The smallest absolute Gasteiger partial charge is 0.331 e. The van der Waals surface area contributed by atoms with Crippen LogP contribution in [0.2, 0.25) is 0 Å². The zero-order valence-electron chi connectivity index (χ0n) is 8.95. The van der Waals surface area contributed by atoms with E-state index >= 15 is 0 Å². The lowest BCUT2D eigenvalue weighted by molar-refractivity contribution is -0.132. The highest BCUT2D eigenvalue weighted by atomic mass is 16.5. The molecule has 0 radical (unpaired) electrons. The maximum Gasteiger partial charge on any atom is 0.331 e. The van der Waals surface area contributed by atoms with Gasteiger partial charge in [0.1, 0.15) is 6.61 Å². The van der Waals surface area contributed by atoms with Gasteiger partial charge in [-0.3, -0.25) is 0 Å². The van der Waals surface area contributed by atoms with Crippen molar-refractivity contribution >= 4 is 5.97 Å². The van der Waals surface area contributed by atoms with Crippen molar-refractivity contribution < 1.29 is 14.6 Å². The highest BCUT2D eigenvalue weighted by Gasteiger charge is 2.12. The first-order valence-electron chi connectivity index (χ1n) is 5.06. The van der Waals surface area contributed by atoms with Crippen LogP contribution in [0.15, 0.2) is 35.6 Å². The van der Waals surface area contributed by atoms with Crippen LogP contribution in [0.5, 0.6) is 0 Å². The zero-order chi connectivity index (χ0) is 11.3. The molecular formula is C12H16O3. The van der Waals surface area contributed by atoms with E-state index < -0.39 is 5.97 Å². The first-order valence-corrected chi connectivity index (χ1v) is 5.06. The van der Waals surface area contributed by atoms with Gasteiger partial charge in [-0.2, -0.15) is 0 Å². The molecule has 1 N–H and O–H groups in total. The van der Waals surface area contributed by atoms with Crippen molar-refractivity contribution in [1.29, 1.82) is 0 Å². The van der Waals surface area contributed by atoms with Crippen molar-refractivity contribution in [2.24, 2.45) is 0 Å². The fraction of sp³-hybridized carbons (Fsp3) is 0.417. The largest absolute Gasteiger partial charge is 0.494 e. The fourth-order valence-corrected chi connectivity index (χ4v) is 1.28. The van der Waals surface area contributed by atoms with Gasteiger partial charge in [0.15, 0.2) is 0 Å². The minimum absolute atomic E-state index is 0.466. The molecule has 0 spiro atoms. The van der Waals surface area contributed by atoms with Gasteiger partial charge in [0.05, 0.1) is 5.76 Å². The minimum Gasteiger partial charge on any atom is -0.494 e. The normalized spacial score (nSPS) is 15.3. The van der Waals surface area contributed by atoms with Crippen LogP contribution in [0.3, 0.4) is 0 Å². The summed E-state index contributed by atoms with van der Waals surface area (Å²) in [5, 5.41) is 8.74. The molecule has 1 rings (SSSR count). The summed E-state index contributed by atoms with van der Waals surface area (Å²) in [5.41, 5.74) is 1.59. The van der Waals surface area contributed by atoms with Gasteiger partial charge in [-0.1, -0.05) is 25.7 Å². The van der Waals surface area contributed by atoms with Crippen molar-refractivity contribution in [3.63, 3.8) is 0 Å². The van der Waals surface area contributed by atoms with Crippen LogP contribution in [-0.2, 0) is 9.53 Å². The van der Waals surface area contributed by atoms with Gasteiger partial charge < -0.3 is 9.84 Å². The fourth-order valence-electron chi connectivity index (χ4n) is 1.28. The lowest BCUT2D eigenvalue weighted by atomic mass is 9.99. The number of carboxylic acid groups (broad SMARTS) is 1. The first kappa shape index (κ1) is 11.6. The molecule has 0 aromatic rings. The summed E-state index contributed by atoms with van der Waals surface area (Å²) in [4.78, 5) is 10.6. The van der Waals surface area contributed by atoms with Crippen molar-refractivity contribution in [1.82, 2.24) is 0 Å². The van der Waals surface area contributed by atoms with Gasteiger partial charge in [-0.05, 0) is 18.4 Å². The van der Waals surface area contributed by atoms with Crippen LogP contribution in [0.4, 0.5) is 0 Å². The van der Waals surface area contributed by atoms with Gasteiger partial charge in [0.2, 0.25) is 0 Å². The summed E-state index contributed by atoms with van der Waals surface area (Å²) in [5.74, 6) is -0.0619. The molecule has 0 saturated carbocycles. The van der Waals surface area contributed by atoms with Gasteiger partial charge in [-0.25, -0.2) is 4.79 Å². The summed E-state index contributed by atoms with van der Waals surface area (Å²) in [6.45, 7) is 6.25. The molecule has 3 heteroatoms. The Morgan fingerprint density at radius 2 is 2.27 bits per heavy atom. The average molecular weight is 208 g/mol. The molecule has 1 aliphatic carbocycles. The lowest BCUT2D eigenvalue weighted by Crippen LogP contribution is -2.06. The Morgan fingerprint density at radius 1 is 1.53 bits per heavy atom. The molecule has 3 nitrogen and oxygen atoms in total. The Kier molecular flexibility index (Phi) is 4.16.